The fourth-order valence-corrected chi connectivity index (χ4v) is 2.80. The van der Waals surface area contributed by atoms with E-state index in [-0.39, 0.29) is 30.9 Å². The second-order valence-corrected chi connectivity index (χ2v) is 5.92. The van der Waals surface area contributed by atoms with Crippen LogP contribution in [0.1, 0.15) is 38.3 Å². The molecule has 128 valence electrons. The second kappa shape index (κ2) is 10.4. The molecule has 2 nitrogen and oxygen atoms in total. The summed E-state index contributed by atoms with van der Waals surface area (Å²) in [4.78, 5) is 2.27. The van der Waals surface area contributed by atoms with Gasteiger partial charge in [-0.2, -0.15) is 0 Å². The van der Waals surface area contributed by atoms with Crippen LogP contribution in [-0.2, 0) is 0 Å². The van der Waals surface area contributed by atoms with E-state index in [0.29, 0.717) is 11.5 Å². The maximum atomic E-state index is 14.1. The normalized spacial score (nSPS) is 16.8. The molecule has 0 spiro atoms. The molecule has 2 rings (SSSR count). The van der Waals surface area contributed by atoms with Crippen molar-refractivity contribution in [2.24, 2.45) is 5.92 Å². The first-order valence-corrected chi connectivity index (χ1v) is 7.48. The first-order chi connectivity index (χ1) is 9.59. The summed E-state index contributed by atoms with van der Waals surface area (Å²) in [5, 5.41) is 3.30. The predicted molar refractivity (Wildman–Crippen MR) is 92.1 cm³/mol. The highest BCUT2D eigenvalue weighted by atomic mass is 35.5. The van der Waals surface area contributed by atoms with E-state index >= 15 is 0 Å². The van der Waals surface area contributed by atoms with Crippen molar-refractivity contribution < 1.29 is 8.78 Å². The number of benzene rings is 1. The Labute approximate surface area is 144 Å². The topological polar surface area (TPSA) is 15.3 Å². The minimum atomic E-state index is -0.743. The third-order valence-electron chi connectivity index (χ3n) is 3.95. The van der Waals surface area contributed by atoms with Crippen LogP contribution in [0, 0.1) is 17.6 Å². The van der Waals surface area contributed by atoms with Gasteiger partial charge in [0.2, 0.25) is 0 Å². The van der Waals surface area contributed by atoms with E-state index in [4.69, 9.17) is 0 Å². The van der Waals surface area contributed by atoms with Crippen molar-refractivity contribution in [1.29, 1.82) is 0 Å². The van der Waals surface area contributed by atoms with Gasteiger partial charge in [0.15, 0.2) is 11.6 Å². The Kier molecular flexibility index (Phi) is 10.2. The van der Waals surface area contributed by atoms with Crippen LogP contribution in [0.15, 0.2) is 18.2 Å². The quantitative estimate of drug-likeness (QED) is 0.852. The fourth-order valence-electron chi connectivity index (χ4n) is 2.80. The van der Waals surface area contributed by atoms with Crippen LogP contribution in [0.5, 0.6) is 0 Å². The van der Waals surface area contributed by atoms with E-state index in [1.165, 1.54) is 6.07 Å². The average molecular weight is 355 g/mol. The summed E-state index contributed by atoms with van der Waals surface area (Å²) in [5.41, 5.74) is 0.507. The Morgan fingerprint density at radius 3 is 2.32 bits per heavy atom. The summed E-state index contributed by atoms with van der Waals surface area (Å²) in [7, 11) is 0. The lowest BCUT2D eigenvalue weighted by molar-refractivity contribution is 0.156. The molecule has 0 aromatic heterocycles. The van der Waals surface area contributed by atoms with E-state index in [1.807, 2.05) is 0 Å². The molecule has 1 aliphatic heterocycles. The van der Waals surface area contributed by atoms with E-state index in [9.17, 15) is 8.78 Å². The van der Waals surface area contributed by atoms with E-state index in [0.717, 1.165) is 39.0 Å². The number of hydrogen-bond donors (Lipinski definition) is 1. The SMILES string of the molecule is CC(C)CC[C@H](c1cccc(F)c1F)N1CCNCC1.Cl.Cl. The Hall–Kier alpha value is -0.420. The van der Waals surface area contributed by atoms with Gasteiger partial charge in [-0.15, -0.1) is 24.8 Å². The van der Waals surface area contributed by atoms with Crippen molar-refractivity contribution in [3.8, 4) is 0 Å². The van der Waals surface area contributed by atoms with E-state index < -0.39 is 11.6 Å². The molecule has 0 aliphatic carbocycles. The van der Waals surface area contributed by atoms with Crippen molar-refractivity contribution in [3.63, 3.8) is 0 Å². The Morgan fingerprint density at radius 1 is 1.09 bits per heavy atom. The minimum Gasteiger partial charge on any atom is -0.314 e. The molecule has 1 aromatic carbocycles. The van der Waals surface area contributed by atoms with Gasteiger partial charge in [0, 0.05) is 37.8 Å². The molecule has 0 saturated carbocycles. The number of halogens is 4. The molecule has 0 bridgehead atoms. The van der Waals surface area contributed by atoms with Crippen LogP contribution in [0.25, 0.3) is 0 Å². The van der Waals surface area contributed by atoms with E-state index in [2.05, 4.69) is 24.1 Å². The number of nitrogens with one attached hydrogen (secondary N) is 1. The van der Waals surface area contributed by atoms with Gasteiger partial charge in [0.05, 0.1) is 0 Å². The van der Waals surface area contributed by atoms with Crippen LogP contribution >= 0.6 is 24.8 Å². The summed E-state index contributed by atoms with van der Waals surface area (Å²) in [5.74, 6) is -0.857. The molecule has 1 atom stereocenters. The van der Waals surface area contributed by atoms with Crippen LogP contribution in [0.3, 0.4) is 0 Å². The monoisotopic (exact) mass is 354 g/mol. The van der Waals surface area contributed by atoms with Crippen molar-refractivity contribution in [3.05, 3.63) is 35.4 Å². The number of rotatable bonds is 5. The third kappa shape index (κ3) is 5.65. The molecular weight excluding hydrogens is 329 g/mol. The van der Waals surface area contributed by atoms with Crippen molar-refractivity contribution in [2.75, 3.05) is 26.2 Å². The molecule has 1 saturated heterocycles. The molecule has 1 N–H and O–H groups in total. The number of nitrogens with zero attached hydrogens (tertiary/aromatic N) is 1. The maximum Gasteiger partial charge on any atom is 0.163 e. The molecule has 0 amide bonds. The Bertz CT molecular complexity index is 438. The molecular formula is C16H26Cl2F2N2. The largest absolute Gasteiger partial charge is 0.314 e. The highest BCUT2D eigenvalue weighted by Gasteiger charge is 2.25. The summed E-state index contributed by atoms with van der Waals surface area (Å²) in [6, 6.07) is 4.51. The van der Waals surface area contributed by atoms with Gasteiger partial charge in [-0.3, -0.25) is 4.90 Å². The lowest BCUT2D eigenvalue weighted by atomic mass is 9.95. The van der Waals surface area contributed by atoms with Crippen LogP contribution < -0.4 is 5.32 Å². The van der Waals surface area contributed by atoms with Crippen LogP contribution in [0.4, 0.5) is 8.78 Å². The number of hydrogen-bond acceptors (Lipinski definition) is 2. The minimum absolute atomic E-state index is 0. The van der Waals surface area contributed by atoms with Gasteiger partial charge in [-0.05, 0) is 24.8 Å². The zero-order valence-corrected chi connectivity index (χ0v) is 14.8. The van der Waals surface area contributed by atoms with Crippen molar-refractivity contribution in [2.45, 2.75) is 32.7 Å². The smallest absolute Gasteiger partial charge is 0.163 e. The average Bonchev–Trinajstić information content (AvgIpc) is 2.44. The third-order valence-corrected chi connectivity index (χ3v) is 3.95. The standard InChI is InChI=1S/C16H24F2N2.2ClH/c1-12(2)6-7-15(20-10-8-19-9-11-20)13-4-3-5-14(17)16(13)18;;/h3-5,12,15,19H,6-11H2,1-2H3;2*1H/t15-;;/m1../s1. The molecule has 6 heteroatoms. The Morgan fingerprint density at radius 2 is 1.73 bits per heavy atom. The maximum absolute atomic E-state index is 14.1. The molecule has 1 aliphatic rings. The lowest BCUT2D eigenvalue weighted by Gasteiger charge is -2.35. The van der Waals surface area contributed by atoms with Gasteiger partial charge < -0.3 is 5.32 Å². The molecule has 0 radical (unpaired) electrons. The summed E-state index contributed by atoms with van der Waals surface area (Å²) >= 11 is 0. The number of piperazine rings is 1. The molecule has 1 heterocycles. The zero-order valence-electron chi connectivity index (χ0n) is 13.1. The zero-order chi connectivity index (χ0) is 14.5. The second-order valence-electron chi connectivity index (χ2n) is 5.92. The van der Waals surface area contributed by atoms with Crippen LogP contribution in [0.2, 0.25) is 0 Å². The summed E-state index contributed by atoms with van der Waals surface area (Å²) in [6.07, 6.45) is 1.89. The van der Waals surface area contributed by atoms with Gasteiger partial charge in [0.25, 0.3) is 0 Å². The molecule has 1 fully saturated rings. The van der Waals surface area contributed by atoms with Gasteiger partial charge in [0.1, 0.15) is 0 Å². The predicted octanol–water partition coefficient (Wildman–Crippen LogP) is 4.19. The fraction of sp³-hybridized carbons (Fsp3) is 0.625. The van der Waals surface area contributed by atoms with Crippen molar-refractivity contribution >= 4 is 24.8 Å². The molecule has 1 aromatic rings. The first-order valence-electron chi connectivity index (χ1n) is 7.48. The first kappa shape index (κ1) is 21.6. The van der Waals surface area contributed by atoms with Gasteiger partial charge >= 0.3 is 0 Å². The Balaban J connectivity index is 0.00000220. The molecule has 0 unspecified atom stereocenters. The highest BCUT2D eigenvalue weighted by Crippen LogP contribution is 2.30. The van der Waals surface area contributed by atoms with E-state index in [1.54, 1.807) is 12.1 Å². The lowest BCUT2D eigenvalue weighted by Crippen LogP contribution is -2.45. The summed E-state index contributed by atoms with van der Waals surface area (Å²) in [6.45, 7) is 7.93. The molecule has 22 heavy (non-hydrogen) atoms. The van der Waals surface area contributed by atoms with Gasteiger partial charge in [-0.25, -0.2) is 8.78 Å². The summed E-state index contributed by atoms with van der Waals surface area (Å²) < 4.78 is 27.6. The van der Waals surface area contributed by atoms with Gasteiger partial charge in [-0.1, -0.05) is 26.0 Å². The van der Waals surface area contributed by atoms with Crippen LogP contribution in [-0.4, -0.2) is 31.1 Å². The van der Waals surface area contributed by atoms with Crippen molar-refractivity contribution in [1.82, 2.24) is 10.2 Å². The highest BCUT2D eigenvalue weighted by molar-refractivity contribution is 5.85.